The summed E-state index contributed by atoms with van der Waals surface area (Å²) in [5.41, 5.74) is -0.255. The second kappa shape index (κ2) is 9.36. The summed E-state index contributed by atoms with van der Waals surface area (Å²) >= 11 is 5.74. The van der Waals surface area contributed by atoms with Crippen LogP contribution in [0.4, 0.5) is 0 Å². The molecule has 1 aromatic rings. The molecule has 0 aliphatic carbocycles. The van der Waals surface area contributed by atoms with Crippen molar-refractivity contribution in [3.8, 4) is 0 Å². The molecule has 0 fully saturated rings. The van der Waals surface area contributed by atoms with E-state index < -0.39 is 16.0 Å². The number of halogens is 1. The molecular formula is C16H25ClN2O4S. The molecule has 8 heteroatoms. The minimum absolute atomic E-state index is 0.134. The van der Waals surface area contributed by atoms with Crippen LogP contribution in [-0.4, -0.2) is 39.1 Å². The fourth-order valence-corrected chi connectivity index (χ4v) is 3.37. The third-order valence-corrected chi connectivity index (χ3v) is 5.28. The Hall–Kier alpha value is -1.15. The van der Waals surface area contributed by atoms with Crippen molar-refractivity contribution in [2.75, 3.05) is 19.6 Å². The van der Waals surface area contributed by atoms with Gasteiger partial charge in [-0.05, 0) is 55.6 Å². The molecule has 6 nitrogen and oxygen atoms in total. The number of sulfonamides is 1. The quantitative estimate of drug-likeness (QED) is 0.516. The van der Waals surface area contributed by atoms with Crippen LogP contribution in [0.5, 0.6) is 0 Å². The number of rotatable bonds is 11. The molecule has 0 aliphatic heterocycles. The zero-order chi connectivity index (χ0) is 18.2. The first kappa shape index (κ1) is 20.9. The Morgan fingerprint density at radius 2 is 1.79 bits per heavy atom. The maximum absolute atomic E-state index is 12.0. The molecule has 0 radical (unpaired) electrons. The number of carboxylic acid groups (broad SMARTS) is 1. The molecule has 136 valence electrons. The first-order valence-electron chi connectivity index (χ1n) is 7.80. The van der Waals surface area contributed by atoms with E-state index in [1.807, 2.05) is 13.8 Å². The van der Waals surface area contributed by atoms with Gasteiger partial charge in [0.05, 0.1) is 11.3 Å². The summed E-state index contributed by atoms with van der Waals surface area (Å²) in [6, 6.07) is 6.01. The molecule has 24 heavy (non-hydrogen) atoms. The Bertz CT molecular complexity index is 630. The van der Waals surface area contributed by atoms with E-state index in [-0.39, 0.29) is 16.7 Å². The fourth-order valence-electron chi connectivity index (χ4n) is 2.17. The normalized spacial score (nSPS) is 12.3. The smallest absolute Gasteiger partial charge is 0.303 e. The Kier molecular flexibility index (Phi) is 8.15. The van der Waals surface area contributed by atoms with Crippen molar-refractivity contribution in [1.82, 2.24) is 10.0 Å². The molecule has 1 rings (SSSR count). The van der Waals surface area contributed by atoms with Crippen molar-refractivity contribution in [2.45, 2.75) is 38.0 Å². The number of hydrogen-bond acceptors (Lipinski definition) is 4. The lowest BCUT2D eigenvalue weighted by Gasteiger charge is -2.22. The Balaban J connectivity index is 2.22. The number of hydrogen-bond donors (Lipinski definition) is 3. The van der Waals surface area contributed by atoms with Gasteiger partial charge in [0.2, 0.25) is 10.0 Å². The molecule has 1 aromatic carbocycles. The van der Waals surface area contributed by atoms with Gasteiger partial charge >= 0.3 is 5.97 Å². The van der Waals surface area contributed by atoms with E-state index in [2.05, 4.69) is 10.0 Å². The second-order valence-electron chi connectivity index (χ2n) is 6.44. The minimum Gasteiger partial charge on any atom is -0.481 e. The lowest BCUT2D eigenvalue weighted by Crippen LogP contribution is -2.29. The highest BCUT2D eigenvalue weighted by Crippen LogP contribution is 2.24. The van der Waals surface area contributed by atoms with Crippen LogP contribution in [0.25, 0.3) is 0 Å². The number of carboxylic acids is 1. The van der Waals surface area contributed by atoms with Crippen LogP contribution in [0.1, 0.15) is 33.1 Å². The SMILES string of the molecule is CC(C)(CCNCCCNS(=O)(=O)c1ccc(Cl)cc1)CC(=O)O. The molecular weight excluding hydrogens is 352 g/mol. The summed E-state index contributed by atoms with van der Waals surface area (Å²) in [6.07, 6.45) is 1.53. The van der Waals surface area contributed by atoms with Crippen LogP contribution in [-0.2, 0) is 14.8 Å². The van der Waals surface area contributed by atoms with E-state index in [0.29, 0.717) is 31.1 Å². The van der Waals surface area contributed by atoms with Crippen molar-refractivity contribution < 1.29 is 18.3 Å². The van der Waals surface area contributed by atoms with Gasteiger partial charge in [-0.1, -0.05) is 25.4 Å². The van der Waals surface area contributed by atoms with Gasteiger partial charge in [-0.3, -0.25) is 4.79 Å². The largest absolute Gasteiger partial charge is 0.481 e. The molecule has 0 spiro atoms. The average Bonchev–Trinajstić information content (AvgIpc) is 2.45. The number of nitrogens with one attached hydrogen (secondary N) is 2. The van der Waals surface area contributed by atoms with Gasteiger partial charge in [0, 0.05) is 11.6 Å². The molecule has 0 amide bonds. The van der Waals surface area contributed by atoms with Gasteiger partial charge in [0.15, 0.2) is 0 Å². The van der Waals surface area contributed by atoms with E-state index in [4.69, 9.17) is 16.7 Å². The van der Waals surface area contributed by atoms with E-state index >= 15 is 0 Å². The van der Waals surface area contributed by atoms with Crippen LogP contribution in [0.3, 0.4) is 0 Å². The van der Waals surface area contributed by atoms with Gasteiger partial charge in [0.1, 0.15) is 0 Å². The highest BCUT2D eigenvalue weighted by molar-refractivity contribution is 7.89. The van der Waals surface area contributed by atoms with E-state index in [0.717, 1.165) is 6.42 Å². The van der Waals surface area contributed by atoms with Crippen LogP contribution in [0.2, 0.25) is 5.02 Å². The lowest BCUT2D eigenvalue weighted by molar-refractivity contribution is -0.139. The van der Waals surface area contributed by atoms with Gasteiger partial charge in [-0.15, -0.1) is 0 Å². The van der Waals surface area contributed by atoms with Crippen LogP contribution in [0, 0.1) is 5.41 Å². The van der Waals surface area contributed by atoms with E-state index in [1.165, 1.54) is 24.3 Å². The molecule has 0 aromatic heterocycles. The summed E-state index contributed by atoms with van der Waals surface area (Å²) in [7, 11) is -3.51. The van der Waals surface area contributed by atoms with Crippen molar-refractivity contribution >= 4 is 27.6 Å². The van der Waals surface area contributed by atoms with Crippen molar-refractivity contribution in [3.63, 3.8) is 0 Å². The van der Waals surface area contributed by atoms with Crippen LogP contribution in [0.15, 0.2) is 29.2 Å². The van der Waals surface area contributed by atoms with Gasteiger partial charge in [-0.25, -0.2) is 13.1 Å². The number of benzene rings is 1. The first-order chi connectivity index (χ1) is 11.1. The predicted molar refractivity (Wildman–Crippen MR) is 94.8 cm³/mol. The Morgan fingerprint density at radius 3 is 2.38 bits per heavy atom. The molecule has 3 N–H and O–H groups in total. The zero-order valence-electron chi connectivity index (χ0n) is 14.0. The highest BCUT2D eigenvalue weighted by Gasteiger charge is 2.20. The second-order valence-corrected chi connectivity index (χ2v) is 8.64. The monoisotopic (exact) mass is 376 g/mol. The third-order valence-electron chi connectivity index (χ3n) is 3.55. The number of carbonyl (C=O) groups is 1. The molecule has 0 heterocycles. The lowest BCUT2D eigenvalue weighted by atomic mass is 9.86. The molecule has 0 atom stereocenters. The molecule has 0 saturated carbocycles. The van der Waals surface area contributed by atoms with Crippen molar-refractivity contribution in [2.24, 2.45) is 5.41 Å². The molecule has 0 unspecified atom stereocenters. The maximum atomic E-state index is 12.0. The van der Waals surface area contributed by atoms with E-state index in [9.17, 15) is 13.2 Å². The topological polar surface area (TPSA) is 95.5 Å². The van der Waals surface area contributed by atoms with Crippen molar-refractivity contribution in [1.29, 1.82) is 0 Å². The summed E-state index contributed by atoms with van der Waals surface area (Å²) in [6.45, 7) is 5.53. The first-order valence-corrected chi connectivity index (χ1v) is 9.66. The summed E-state index contributed by atoms with van der Waals surface area (Å²) in [5, 5.41) is 12.5. The Labute approximate surface area is 148 Å². The fraction of sp³-hybridized carbons (Fsp3) is 0.562. The van der Waals surface area contributed by atoms with E-state index in [1.54, 1.807) is 0 Å². The van der Waals surface area contributed by atoms with Crippen LogP contribution >= 0.6 is 11.6 Å². The molecule has 0 aliphatic rings. The van der Waals surface area contributed by atoms with Gasteiger partial charge in [-0.2, -0.15) is 0 Å². The number of aliphatic carboxylic acids is 1. The standard InChI is InChI=1S/C16H25ClN2O4S/c1-16(2,12-15(20)21)8-11-18-9-3-10-19-24(22,23)14-6-4-13(17)5-7-14/h4-7,18-19H,3,8-12H2,1-2H3,(H,20,21). The zero-order valence-corrected chi connectivity index (χ0v) is 15.6. The van der Waals surface area contributed by atoms with Gasteiger partial charge in [0.25, 0.3) is 0 Å². The van der Waals surface area contributed by atoms with Gasteiger partial charge < -0.3 is 10.4 Å². The molecule has 0 saturated heterocycles. The summed E-state index contributed by atoms with van der Waals surface area (Å²) < 4.78 is 26.6. The third kappa shape index (κ3) is 8.10. The summed E-state index contributed by atoms with van der Waals surface area (Å²) in [4.78, 5) is 10.9. The average molecular weight is 377 g/mol. The molecule has 0 bridgehead atoms. The Morgan fingerprint density at radius 1 is 1.17 bits per heavy atom. The van der Waals surface area contributed by atoms with Crippen molar-refractivity contribution in [3.05, 3.63) is 29.3 Å². The predicted octanol–water partition coefficient (Wildman–Crippen LogP) is 2.49. The minimum atomic E-state index is -3.51. The van der Waals surface area contributed by atoms with Crippen LogP contribution < -0.4 is 10.0 Å². The highest BCUT2D eigenvalue weighted by atomic mass is 35.5. The summed E-state index contributed by atoms with van der Waals surface area (Å²) in [5.74, 6) is -0.795. The maximum Gasteiger partial charge on any atom is 0.303 e.